The number of hydrogen-bond acceptors (Lipinski definition) is 3. The molecule has 0 aliphatic rings. The van der Waals surface area contributed by atoms with Gasteiger partial charge in [-0.3, -0.25) is 0 Å². The Morgan fingerprint density at radius 3 is 1.95 bits per heavy atom. The molecule has 0 spiro atoms. The van der Waals surface area contributed by atoms with Gasteiger partial charge in [-0.15, -0.1) is 0 Å². The first-order chi connectivity index (χ1) is 10.8. The number of rotatable bonds is 18. The summed E-state index contributed by atoms with van der Waals surface area (Å²) < 4.78 is 5.53. The first-order valence-corrected chi connectivity index (χ1v) is 9.77. The van der Waals surface area contributed by atoms with Crippen molar-refractivity contribution in [2.75, 3.05) is 26.3 Å². The summed E-state index contributed by atoms with van der Waals surface area (Å²) in [7, 11) is 0. The zero-order valence-electron chi connectivity index (χ0n) is 15.2. The van der Waals surface area contributed by atoms with E-state index in [-0.39, 0.29) is 6.10 Å². The molecule has 0 amide bonds. The predicted octanol–water partition coefficient (Wildman–Crippen LogP) is 4.67. The van der Waals surface area contributed by atoms with Crippen molar-refractivity contribution in [2.45, 2.75) is 97.0 Å². The molecule has 22 heavy (non-hydrogen) atoms. The van der Waals surface area contributed by atoms with Crippen LogP contribution in [0.15, 0.2) is 0 Å². The van der Waals surface area contributed by atoms with E-state index in [0.29, 0.717) is 13.2 Å². The third kappa shape index (κ3) is 17.9. The molecule has 0 radical (unpaired) electrons. The van der Waals surface area contributed by atoms with Crippen molar-refractivity contribution in [2.24, 2.45) is 0 Å². The van der Waals surface area contributed by atoms with Crippen molar-refractivity contribution in [1.82, 2.24) is 5.32 Å². The van der Waals surface area contributed by atoms with Crippen LogP contribution in [0.1, 0.15) is 90.9 Å². The second-order valence-corrected chi connectivity index (χ2v) is 6.47. The monoisotopic (exact) mass is 315 g/mol. The van der Waals surface area contributed by atoms with E-state index in [4.69, 9.17) is 4.74 Å². The van der Waals surface area contributed by atoms with E-state index in [1.54, 1.807) is 0 Å². The van der Waals surface area contributed by atoms with Gasteiger partial charge in [0, 0.05) is 13.2 Å². The summed E-state index contributed by atoms with van der Waals surface area (Å²) in [6, 6.07) is 0. The lowest BCUT2D eigenvalue weighted by Crippen LogP contribution is -2.31. The van der Waals surface area contributed by atoms with Crippen LogP contribution in [-0.4, -0.2) is 37.5 Å². The summed E-state index contributed by atoms with van der Waals surface area (Å²) in [6.07, 6.45) is 15.2. The molecule has 0 aliphatic heterocycles. The smallest absolute Gasteiger partial charge is 0.0897 e. The molecule has 0 saturated carbocycles. The fraction of sp³-hybridized carbons (Fsp3) is 1.00. The van der Waals surface area contributed by atoms with Crippen molar-refractivity contribution in [3.63, 3.8) is 0 Å². The molecule has 0 aliphatic carbocycles. The Labute approximate surface area is 139 Å². The van der Waals surface area contributed by atoms with E-state index in [1.807, 2.05) is 0 Å². The highest BCUT2D eigenvalue weighted by Crippen LogP contribution is 2.05. The molecule has 0 bridgehead atoms. The molecular formula is C19H41NO2. The van der Waals surface area contributed by atoms with E-state index >= 15 is 0 Å². The summed E-state index contributed by atoms with van der Waals surface area (Å²) in [5.74, 6) is 0. The largest absolute Gasteiger partial charge is 0.389 e. The maximum Gasteiger partial charge on any atom is 0.0897 e. The molecule has 0 aromatic heterocycles. The number of hydrogen-bond donors (Lipinski definition) is 2. The Morgan fingerprint density at radius 2 is 1.32 bits per heavy atom. The predicted molar refractivity (Wildman–Crippen MR) is 96.4 cm³/mol. The number of unbranched alkanes of at least 4 members (excludes halogenated alkanes) is 10. The highest BCUT2D eigenvalue weighted by molar-refractivity contribution is 4.58. The van der Waals surface area contributed by atoms with Gasteiger partial charge in [-0.05, 0) is 19.4 Å². The average molecular weight is 316 g/mol. The normalized spacial score (nSPS) is 12.7. The minimum atomic E-state index is -0.361. The van der Waals surface area contributed by atoms with Crippen LogP contribution in [0.2, 0.25) is 0 Å². The standard InChI is InChI=1S/C19H41NO2/c1-3-5-7-9-11-13-15-20-17-19(21)18-22-16-14-12-10-8-6-4-2/h19-21H,3-18H2,1-2H3. The SMILES string of the molecule is CCCCCCCCNCC(O)COCCCCCCCC. The maximum atomic E-state index is 9.81. The fourth-order valence-corrected chi connectivity index (χ4v) is 2.56. The van der Waals surface area contributed by atoms with Crippen LogP contribution in [0.3, 0.4) is 0 Å². The quantitative estimate of drug-likeness (QED) is 0.361. The zero-order chi connectivity index (χ0) is 16.3. The van der Waals surface area contributed by atoms with Crippen LogP contribution in [-0.2, 0) is 4.74 Å². The van der Waals surface area contributed by atoms with Crippen molar-refractivity contribution < 1.29 is 9.84 Å². The van der Waals surface area contributed by atoms with E-state index in [9.17, 15) is 5.11 Å². The van der Waals surface area contributed by atoms with Crippen molar-refractivity contribution in [1.29, 1.82) is 0 Å². The van der Waals surface area contributed by atoms with Crippen molar-refractivity contribution in [3.8, 4) is 0 Å². The average Bonchev–Trinajstić information content (AvgIpc) is 2.52. The maximum absolute atomic E-state index is 9.81. The van der Waals surface area contributed by atoms with Gasteiger partial charge in [-0.2, -0.15) is 0 Å². The molecule has 0 saturated heterocycles. The molecule has 0 aromatic carbocycles. The number of ether oxygens (including phenoxy) is 1. The van der Waals surface area contributed by atoms with Gasteiger partial charge >= 0.3 is 0 Å². The molecule has 3 heteroatoms. The van der Waals surface area contributed by atoms with Gasteiger partial charge in [0.25, 0.3) is 0 Å². The van der Waals surface area contributed by atoms with Crippen molar-refractivity contribution in [3.05, 3.63) is 0 Å². The lowest BCUT2D eigenvalue weighted by molar-refractivity contribution is 0.0355. The molecule has 0 fully saturated rings. The third-order valence-corrected chi connectivity index (χ3v) is 4.04. The van der Waals surface area contributed by atoms with Crippen LogP contribution in [0.5, 0.6) is 0 Å². The Bertz CT molecular complexity index is 180. The summed E-state index contributed by atoms with van der Waals surface area (Å²) >= 11 is 0. The Kier molecular flexibility index (Phi) is 18.8. The van der Waals surface area contributed by atoms with Crippen LogP contribution in [0, 0.1) is 0 Å². The van der Waals surface area contributed by atoms with Gasteiger partial charge in [0.15, 0.2) is 0 Å². The number of nitrogens with one attached hydrogen (secondary N) is 1. The molecule has 0 rings (SSSR count). The molecule has 1 atom stereocenters. The van der Waals surface area contributed by atoms with Gasteiger partial charge in [0.05, 0.1) is 12.7 Å². The molecule has 1 unspecified atom stereocenters. The molecular weight excluding hydrogens is 274 g/mol. The minimum Gasteiger partial charge on any atom is -0.389 e. The molecule has 134 valence electrons. The van der Waals surface area contributed by atoms with Crippen LogP contribution in [0.4, 0.5) is 0 Å². The molecule has 2 N–H and O–H groups in total. The Hall–Kier alpha value is -0.120. The van der Waals surface area contributed by atoms with E-state index in [0.717, 1.165) is 19.6 Å². The third-order valence-electron chi connectivity index (χ3n) is 4.04. The lowest BCUT2D eigenvalue weighted by atomic mass is 10.1. The van der Waals surface area contributed by atoms with Gasteiger partial charge in [-0.25, -0.2) is 0 Å². The zero-order valence-corrected chi connectivity index (χ0v) is 15.2. The molecule has 3 nitrogen and oxygen atoms in total. The topological polar surface area (TPSA) is 41.5 Å². The van der Waals surface area contributed by atoms with Crippen molar-refractivity contribution >= 4 is 0 Å². The number of aliphatic hydroxyl groups is 1. The van der Waals surface area contributed by atoms with Crippen LogP contribution >= 0.6 is 0 Å². The van der Waals surface area contributed by atoms with Crippen LogP contribution in [0.25, 0.3) is 0 Å². The second kappa shape index (κ2) is 18.9. The van der Waals surface area contributed by atoms with E-state index in [2.05, 4.69) is 19.2 Å². The second-order valence-electron chi connectivity index (χ2n) is 6.47. The fourth-order valence-electron chi connectivity index (χ4n) is 2.56. The van der Waals surface area contributed by atoms with Gasteiger partial charge in [-0.1, -0.05) is 78.1 Å². The molecule has 0 heterocycles. The summed E-state index contributed by atoms with van der Waals surface area (Å²) in [5.41, 5.74) is 0. The minimum absolute atomic E-state index is 0.361. The lowest BCUT2D eigenvalue weighted by Gasteiger charge is -2.12. The first-order valence-electron chi connectivity index (χ1n) is 9.77. The summed E-state index contributed by atoms with van der Waals surface area (Å²) in [4.78, 5) is 0. The van der Waals surface area contributed by atoms with Crippen LogP contribution < -0.4 is 5.32 Å². The van der Waals surface area contributed by atoms with Gasteiger partial charge in [0.1, 0.15) is 0 Å². The van der Waals surface area contributed by atoms with E-state index in [1.165, 1.54) is 70.6 Å². The highest BCUT2D eigenvalue weighted by atomic mass is 16.5. The highest BCUT2D eigenvalue weighted by Gasteiger charge is 2.03. The van der Waals surface area contributed by atoms with Gasteiger partial charge < -0.3 is 15.2 Å². The van der Waals surface area contributed by atoms with E-state index < -0.39 is 0 Å². The summed E-state index contributed by atoms with van der Waals surface area (Å²) in [5, 5.41) is 13.1. The Balaban J connectivity index is 3.11. The summed E-state index contributed by atoms with van der Waals surface area (Å²) in [6.45, 7) is 7.42. The molecule has 0 aromatic rings. The first kappa shape index (κ1) is 21.9. The Morgan fingerprint density at radius 1 is 0.773 bits per heavy atom. The van der Waals surface area contributed by atoms with Gasteiger partial charge in [0.2, 0.25) is 0 Å². The number of aliphatic hydroxyl groups excluding tert-OH is 1.